The SMILES string of the molecule is N#CC(CN1CCC(N2CCCCC2)C1)c1ccccc1. The van der Waals surface area contributed by atoms with Crippen molar-refractivity contribution in [3.05, 3.63) is 35.9 Å². The maximum Gasteiger partial charge on any atom is 0.0839 e. The Hall–Kier alpha value is -1.37. The predicted octanol–water partition coefficient (Wildman–Crippen LogP) is 2.85. The van der Waals surface area contributed by atoms with Crippen molar-refractivity contribution in [2.24, 2.45) is 0 Å². The molecule has 2 atom stereocenters. The van der Waals surface area contributed by atoms with E-state index in [1.165, 1.54) is 38.8 Å². The van der Waals surface area contributed by atoms with Crippen molar-refractivity contribution in [1.29, 1.82) is 5.26 Å². The predicted molar refractivity (Wildman–Crippen MR) is 85.1 cm³/mol. The number of rotatable bonds is 4. The van der Waals surface area contributed by atoms with E-state index in [4.69, 9.17) is 0 Å². The summed E-state index contributed by atoms with van der Waals surface area (Å²) in [7, 11) is 0. The summed E-state index contributed by atoms with van der Waals surface area (Å²) < 4.78 is 0. The van der Waals surface area contributed by atoms with Crippen LogP contribution in [0.25, 0.3) is 0 Å². The molecule has 2 aliphatic rings. The van der Waals surface area contributed by atoms with Gasteiger partial charge in [-0.15, -0.1) is 0 Å². The molecule has 0 spiro atoms. The van der Waals surface area contributed by atoms with Crippen molar-refractivity contribution < 1.29 is 0 Å². The molecular formula is C18H25N3. The summed E-state index contributed by atoms with van der Waals surface area (Å²) in [5, 5.41) is 9.47. The molecule has 1 aromatic carbocycles. The van der Waals surface area contributed by atoms with Gasteiger partial charge in [0, 0.05) is 19.1 Å². The Morgan fingerprint density at radius 1 is 1.10 bits per heavy atom. The van der Waals surface area contributed by atoms with Crippen molar-refractivity contribution in [1.82, 2.24) is 9.80 Å². The lowest BCUT2D eigenvalue weighted by atomic mass is 10.0. The van der Waals surface area contributed by atoms with E-state index in [1.54, 1.807) is 0 Å². The van der Waals surface area contributed by atoms with Crippen molar-refractivity contribution in [2.45, 2.75) is 37.6 Å². The van der Waals surface area contributed by atoms with E-state index in [-0.39, 0.29) is 5.92 Å². The molecule has 3 rings (SSSR count). The van der Waals surface area contributed by atoms with Gasteiger partial charge in [0.05, 0.1) is 12.0 Å². The number of nitriles is 1. The van der Waals surface area contributed by atoms with Gasteiger partial charge < -0.3 is 4.90 Å². The Morgan fingerprint density at radius 2 is 1.86 bits per heavy atom. The molecule has 2 heterocycles. The molecule has 0 radical (unpaired) electrons. The maximum atomic E-state index is 9.47. The van der Waals surface area contributed by atoms with Crippen LogP contribution in [0.4, 0.5) is 0 Å². The molecule has 21 heavy (non-hydrogen) atoms. The van der Waals surface area contributed by atoms with Crippen molar-refractivity contribution in [3.8, 4) is 6.07 Å². The highest BCUT2D eigenvalue weighted by Crippen LogP contribution is 2.23. The van der Waals surface area contributed by atoms with Crippen LogP contribution in [0.3, 0.4) is 0 Å². The summed E-state index contributed by atoms with van der Waals surface area (Å²) in [6.07, 6.45) is 5.40. The first-order chi connectivity index (χ1) is 10.4. The van der Waals surface area contributed by atoms with Gasteiger partial charge in [-0.05, 0) is 44.5 Å². The van der Waals surface area contributed by atoms with Crippen LogP contribution in [0.1, 0.15) is 37.2 Å². The summed E-state index contributed by atoms with van der Waals surface area (Å²) in [5.74, 6) is 0.00584. The van der Waals surface area contributed by atoms with E-state index in [0.29, 0.717) is 0 Å². The van der Waals surface area contributed by atoms with E-state index in [2.05, 4.69) is 28.0 Å². The van der Waals surface area contributed by atoms with Gasteiger partial charge in [0.25, 0.3) is 0 Å². The molecule has 2 aliphatic heterocycles. The third-order valence-electron chi connectivity index (χ3n) is 4.95. The summed E-state index contributed by atoms with van der Waals surface area (Å²) in [5.41, 5.74) is 1.15. The average Bonchev–Trinajstić information content (AvgIpc) is 3.03. The van der Waals surface area contributed by atoms with Crippen LogP contribution in [0.5, 0.6) is 0 Å². The lowest BCUT2D eigenvalue weighted by Gasteiger charge is -2.32. The third kappa shape index (κ3) is 3.64. The highest BCUT2D eigenvalue weighted by molar-refractivity contribution is 5.25. The van der Waals surface area contributed by atoms with Crippen molar-refractivity contribution >= 4 is 0 Å². The minimum atomic E-state index is 0.00584. The second-order valence-corrected chi connectivity index (χ2v) is 6.39. The Kier molecular flexibility index (Phi) is 4.90. The fourth-order valence-electron chi connectivity index (χ4n) is 3.72. The summed E-state index contributed by atoms with van der Waals surface area (Å²) in [4.78, 5) is 5.16. The van der Waals surface area contributed by atoms with E-state index >= 15 is 0 Å². The Labute approximate surface area is 128 Å². The summed E-state index contributed by atoms with van der Waals surface area (Å²) in [6.45, 7) is 5.72. The first-order valence-electron chi connectivity index (χ1n) is 8.28. The molecule has 2 saturated heterocycles. The largest absolute Gasteiger partial charge is 0.300 e. The second-order valence-electron chi connectivity index (χ2n) is 6.39. The highest BCUT2D eigenvalue weighted by atomic mass is 15.3. The number of hydrogen-bond acceptors (Lipinski definition) is 3. The zero-order valence-corrected chi connectivity index (χ0v) is 12.7. The summed E-state index contributed by atoms with van der Waals surface area (Å²) in [6, 6.07) is 13.4. The third-order valence-corrected chi connectivity index (χ3v) is 4.95. The highest BCUT2D eigenvalue weighted by Gasteiger charge is 2.29. The maximum absolute atomic E-state index is 9.47. The average molecular weight is 283 g/mol. The molecule has 0 aliphatic carbocycles. The second kappa shape index (κ2) is 7.06. The normalized spacial score (nSPS) is 25.6. The molecule has 0 N–H and O–H groups in total. The fraction of sp³-hybridized carbons (Fsp3) is 0.611. The zero-order chi connectivity index (χ0) is 14.5. The Balaban J connectivity index is 1.55. The molecule has 1 aromatic rings. The van der Waals surface area contributed by atoms with Gasteiger partial charge in [-0.1, -0.05) is 36.8 Å². The Morgan fingerprint density at radius 3 is 2.57 bits per heavy atom. The van der Waals surface area contributed by atoms with Crippen LogP contribution in [-0.2, 0) is 0 Å². The van der Waals surface area contributed by atoms with E-state index in [0.717, 1.165) is 31.2 Å². The molecule has 2 fully saturated rings. The first kappa shape index (κ1) is 14.6. The van der Waals surface area contributed by atoms with Crippen LogP contribution in [0.15, 0.2) is 30.3 Å². The fourth-order valence-corrected chi connectivity index (χ4v) is 3.72. The lowest BCUT2D eigenvalue weighted by Crippen LogP contribution is -2.41. The quantitative estimate of drug-likeness (QED) is 0.851. The van der Waals surface area contributed by atoms with E-state index < -0.39 is 0 Å². The van der Waals surface area contributed by atoms with Gasteiger partial charge >= 0.3 is 0 Å². The van der Waals surface area contributed by atoms with Gasteiger partial charge in [-0.25, -0.2) is 0 Å². The van der Waals surface area contributed by atoms with Crippen LogP contribution in [-0.4, -0.2) is 48.6 Å². The molecule has 0 saturated carbocycles. The molecular weight excluding hydrogens is 258 g/mol. The van der Waals surface area contributed by atoms with Gasteiger partial charge in [-0.2, -0.15) is 5.26 Å². The molecule has 3 nitrogen and oxygen atoms in total. The monoisotopic (exact) mass is 283 g/mol. The minimum absolute atomic E-state index is 0.00584. The van der Waals surface area contributed by atoms with Gasteiger partial charge in [0.1, 0.15) is 0 Å². The van der Waals surface area contributed by atoms with Crippen LogP contribution < -0.4 is 0 Å². The van der Waals surface area contributed by atoms with Crippen molar-refractivity contribution in [2.75, 3.05) is 32.7 Å². The standard InChI is InChI=1S/C18H25N3/c19-13-17(16-7-3-1-4-8-16)14-20-12-9-18(15-20)21-10-5-2-6-11-21/h1,3-4,7-8,17-18H,2,5-6,9-12,14-15H2. The molecule has 0 aromatic heterocycles. The van der Waals surface area contributed by atoms with Gasteiger partial charge in [0.15, 0.2) is 0 Å². The molecule has 3 heteroatoms. The number of benzene rings is 1. The molecule has 2 unspecified atom stereocenters. The lowest BCUT2D eigenvalue weighted by molar-refractivity contribution is 0.162. The number of nitrogens with zero attached hydrogens (tertiary/aromatic N) is 3. The van der Waals surface area contributed by atoms with E-state index in [9.17, 15) is 5.26 Å². The molecule has 112 valence electrons. The molecule has 0 bridgehead atoms. The summed E-state index contributed by atoms with van der Waals surface area (Å²) >= 11 is 0. The zero-order valence-electron chi connectivity index (χ0n) is 12.7. The van der Waals surface area contributed by atoms with Crippen molar-refractivity contribution in [3.63, 3.8) is 0 Å². The van der Waals surface area contributed by atoms with Crippen LogP contribution in [0, 0.1) is 11.3 Å². The number of piperidine rings is 1. The van der Waals surface area contributed by atoms with Gasteiger partial charge in [0.2, 0.25) is 0 Å². The van der Waals surface area contributed by atoms with Gasteiger partial charge in [-0.3, -0.25) is 4.90 Å². The van der Waals surface area contributed by atoms with Crippen LogP contribution in [0.2, 0.25) is 0 Å². The number of hydrogen-bond donors (Lipinski definition) is 0. The first-order valence-corrected chi connectivity index (χ1v) is 8.28. The minimum Gasteiger partial charge on any atom is -0.300 e. The number of likely N-dealkylation sites (tertiary alicyclic amines) is 2. The van der Waals surface area contributed by atoms with E-state index in [1.807, 2.05) is 18.2 Å². The topological polar surface area (TPSA) is 30.3 Å². The van der Waals surface area contributed by atoms with Crippen LogP contribution >= 0.6 is 0 Å². The molecule has 0 amide bonds. The Bertz CT molecular complexity index is 473. The smallest absolute Gasteiger partial charge is 0.0839 e.